The van der Waals surface area contributed by atoms with Gasteiger partial charge in [0.2, 0.25) is 0 Å². The van der Waals surface area contributed by atoms with Gasteiger partial charge in [-0.25, -0.2) is 0 Å². The molecule has 1 aliphatic rings. The van der Waals surface area contributed by atoms with Crippen molar-refractivity contribution in [1.82, 2.24) is 5.32 Å². The smallest absolute Gasteiger partial charge is 0.0379 e. The Kier molecular flexibility index (Phi) is 2.46. The predicted molar refractivity (Wildman–Crippen MR) is 60.8 cm³/mol. The Hall–Kier alpha value is -1.02. The van der Waals surface area contributed by atoms with Gasteiger partial charge >= 0.3 is 0 Å². The second-order valence-corrected chi connectivity index (χ2v) is 4.14. The molecule has 1 aromatic carbocycles. The Morgan fingerprint density at radius 2 is 2.29 bits per heavy atom. The fraction of sp³-hybridized carbons (Fsp3) is 0.500. The predicted octanol–water partition coefficient (Wildman–Crippen LogP) is 2.50. The van der Waals surface area contributed by atoms with Crippen LogP contribution < -0.4 is 10.6 Å². The van der Waals surface area contributed by atoms with Crippen molar-refractivity contribution in [2.45, 2.75) is 25.8 Å². The molecule has 2 heteroatoms. The summed E-state index contributed by atoms with van der Waals surface area (Å²) in [5.74, 6) is 0.656. The minimum absolute atomic E-state index is 0.429. The van der Waals surface area contributed by atoms with Gasteiger partial charge in [-0.3, -0.25) is 0 Å². The number of hydrogen-bond acceptors (Lipinski definition) is 2. The first-order chi connectivity index (χ1) is 6.72. The molecule has 0 aliphatic carbocycles. The van der Waals surface area contributed by atoms with Crippen LogP contribution in [0.3, 0.4) is 0 Å². The fourth-order valence-electron chi connectivity index (χ4n) is 1.97. The van der Waals surface area contributed by atoms with Gasteiger partial charge in [0.25, 0.3) is 0 Å². The molecule has 2 rings (SSSR count). The molecule has 0 aromatic heterocycles. The molecule has 76 valence electrons. The molecule has 14 heavy (non-hydrogen) atoms. The Morgan fingerprint density at radius 1 is 1.50 bits per heavy atom. The van der Waals surface area contributed by atoms with Crippen molar-refractivity contribution in [3.63, 3.8) is 0 Å². The summed E-state index contributed by atoms with van der Waals surface area (Å²) in [5.41, 5.74) is 4.13. The van der Waals surface area contributed by atoms with Gasteiger partial charge in [0.15, 0.2) is 0 Å². The van der Waals surface area contributed by atoms with Crippen molar-refractivity contribution in [3.8, 4) is 0 Å². The Bertz CT molecular complexity index is 333. The molecule has 1 aliphatic heterocycles. The lowest BCUT2D eigenvalue weighted by Gasteiger charge is -2.12. The Morgan fingerprint density at radius 3 is 3.00 bits per heavy atom. The monoisotopic (exact) mass is 190 g/mol. The van der Waals surface area contributed by atoms with Crippen molar-refractivity contribution >= 4 is 5.69 Å². The number of nitrogens with one attached hydrogen (secondary N) is 2. The second-order valence-electron chi connectivity index (χ2n) is 4.14. The lowest BCUT2D eigenvalue weighted by molar-refractivity contribution is 0.652. The van der Waals surface area contributed by atoms with Gasteiger partial charge < -0.3 is 10.6 Å². The van der Waals surface area contributed by atoms with E-state index in [0.717, 1.165) is 6.54 Å². The van der Waals surface area contributed by atoms with Gasteiger partial charge in [-0.05, 0) is 31.2 Å². The van der Waals surface area contributed by atoms with E-state index >= 15 is 0 Å². The molecule has 0 spiro atoms. The van der Waals surface area contributed by atoms with Crippen LogP contribution in [0.15, 0.2) is 18.2 Å². The maximum absolute atomic E-state index is 3.44. The summed E-state index contributed by atoms with van der Waals surface area (Å²) in [6, 6.07) is 7.17. The summed E-state index contributed by atoms with van der Waals surface area (Å²) in [6.07, 6.45) is 0. The highest BCUT2D eigenvalue weighted by molar-refractivity contribution is 5.59. The Balaban J connectivity index is 2.32. The van der Waals surface area contributed by atoms with Gasteiger partial charge in [0.1, 0.15) is 0 Å². The number of fused-ring (bicyclic) bond motifs is 1. The van der Waals surface area contributed by atoms with E-state index in [1.807, 2.05) is 7.05 Å². The summed E-state index contributed by atoms with van der Waals surface area (Å²) in [4.78, 5) is 0. The fourth-order valence-corrected chi connectivity index (χ4v) is 1.97. The van der Waals surface area contributed by atoms with Crippen LogP contribution in [0, 0.1) is 0 Å². The molecule has 0 amide bonds. The average molecular weight is 190 g/mol. The van der Waals surface area contributed by atoms with Crippen LogP contribution in [0.2, 0.25) is 0 Å². The molecule has 0 bridgehead atoms. The number of benzene rings is 1. The minimum atomic E-state index is 0.429. The van der Waals surface area contributed by atoms with Crippen molar-refractivity contribution in [1.29, 1.82) is 0 Å². The average Bonchev–Trinajstić information content (AvgIpc) is 2.59. The molecule has 0 saturated heterocycles. The number of anilines is 1. The van der Waals surface area contributed by atoms with E-state index in [4.69, 9.17) is 0 Å². The molecular weight excluding hydrogens is 172 g/mol. The van der Waals surface area contributed by atoms with Crippen molar-refractivity contribution in [3.05, 3.63) is 29.3 Å². The van der Waals surface area contributed by atoms with Crippen LogP contribution in [0.1, 0.15) is 36.9 Å². The van der Waals surface area contributed by atoms with Gasteiger partial charge in [-0.15, -0.1) is 0 Å². The van der Waals surface area contributed by atoms with Crippen LogP contribution in [0.4, 0.5) is 5.69 Å². The maximum Gasteiger partial charge on any atom is 0.0379 e. The Labute approximate surface area is 85.7 Å². The first kappa shape index (κ1) is 9.53. The van der Waals surface area contributed by atoms with Gasteiger partial charge in [-0.2, -0.15) is 0 Å². The minimum Gasteiger partial charge on any atom is -0.384 e. The van der Waals surface area contributed by atoms with Gasteiger partial charge in [-0.1, -0.05) is 19.1 Å². The first-order valence-corrected chi connectivity index (χ1v) is 5.27. The lowest BCUT2D eigenvalue weighted by Crippen LogP contribution is -2.12. The number of rotatable bonds is 2. The lowest BCUT2D eigenvalue weighted by atomic mass is 9.99. The van der Waals surface area contributed by atoms with Crippen LogP contribution in [-0.4, -0.2) is 13.6 Å². The van der Waals surface area contributed by atoms with E-state index in [2.05, 4.69) is 42.7 Å². The largest absolute Gasteiger partial charge is 0.384 e. The molecule has 0 saturated carbocycles. The molecule has 2 atom stereocenters. The summed E-state index contributed by atoms with van der Waals surface area (Å²) in [7, 11) is 1.99. The van der Waals surface area contributed by atoms with Gasteiger partial charge in [0.05, 0.1) is 0 Å². The van der Waals surface area contributed by atoms with Crippen LogP contribution >= 0.6 is 0 Å². The van der Waals surface area contributed by atoms with E-state index in [0.29, 0.717) is 12.0 Å². The zero-order valence-corrected chi connectivity index (χ0v) is 9.09. The quantitative estimate of drug-likeness (QED) is 0.748. The number of hydrogen-bond donors (Lipinski definition) is 2. The van der Waals surface area contributed by atoms with E-state index < -0.39 is 0 Å². The molecule has 2 N–H and O–H groups in total. The van der Waals surface area contributed by atoms with Crippen LogP contribution in [0.25, 0.3) is 0 Å². The van der Waals surface area contributed by atoms with Crippen molar-refractivity contribution < 1.29 is 0 Å². The summed E-state index contributed by atoms with van der Waals surface area (Å²) in [6.45, 7) is 5.52. The van der Waals surface area contributed by atoms with E-state index in [9.17, 15) is 0 Å². The van der Waals surface area contributed by atoms with Crippen molar-refractivity contribution in [2.75, 3.05) is 18.9 Å². The first-order valence-electron chi connectivity index (χ1n) is 5.27. The van der Waals surface area contributed by atoms with Crippen LogP contribution in [-0.2, 0) is 0 Å². The van der Waals surface area contributed by atoms with Gasteiger partial charge in [0, 0.05) is 24.2 Å². The highest BCUT2D eigenvalue weighted by Gasteiger charge is 2.18. The SMILES string of the molecule is CNC(C)c1ccc2c(c1)NCC2C. The maximum atomic E-state index is 3.44. The normalized spacial score (nSPS) is 21.5. The molecule has 0 radical (unpaired) electrons. The molecule has 1 heterocycles. The third kappa shape index (κ3) is 1.50. The second kappa shape index (κ2) is 3.62. The zero-order valence-electron chi connectivity index (χ0n) is 9.09. The standard InChI is InChI=1S/C12H18N2/c1-8-7-14-12-6-10(9(2)13-3)4-5-11(8)12/h4-6,8-9,13-14H,7H2,1-3H3. The topological polar surface area (TPSA) is 24.1 Å². The highest BCUT2D eigenvalue weighted by atomic mass is 14.9. The summed E-state index contributed by atoms with van der Waals surface area (Å²) in [5, 5.41) is 6.70. The van der Waals surface area contributed by atoms with Crippen LogP contribution in [0.5, 0.6) is 0 Å². The highest BCUT2D eigenvalue weighted by Crippen LogP contribution is 2.32. The molecular formula is C12H18N2. The van der Waals surface area contributed by atoms with E-state index in [-0.39, 0.29) is 0 Å². The molecule has 2 unspecified atom stereocenters. The van der Waals surface area contributed by atoms with E-state index in [1.54, 1.807) is 0 Å². The van der Waals surface area contributed by atoms with Crippen molar-refractivity contribution in [2.24, 2.45) is 0 Å². The summed E-state index contributed by atoms with van der Waals surface area (Å²) < 4.78 is 0. The van der Waals surface area contributed by atoms with E-state index in [1.165, 1.54) is 16.8 Å². The summed E-state index contributed by atoms with van der Waals surface area (Å²) >= 11 is 0. The third-order valence-electron chi connectivity index (χ3n) is 3.14. The zero-order chi connectivity index (χ0) is 10.1. The molecule has 2 nitrogen and oxygen atoms in total. The third-order valence-corrected chi connectivity index (χ3v) is 3.14. The molecule has 0 fully saturated rings. The molecule has 1 aromatic rings.